The van der Waals surface area contributed by atoms with E-state index >= 15 is 0 Å². The maximum Gasteiger partial charge on any atom is 0.151 e. The van der Waals surface area contributed by atoms with Crippen molar-refractivity contribution in [1.82, 2.24) is 5.32 Å². The lowest BCUT2D eigenvalue weighted by molar-refractivity contribution is -0.0492. The molecule has 0 saturated heterocycles. The number of fused-ring (bicyclic) bond motifs is 2. The largest absolute Gasteiger partial charge is 0.482 e. The Bertz CT molecular complexity index is 841. The molecule has 122 valence electrons. The summed E-state index contributed by atoms with van der Waals surface area (Å²) >= 11 is 0. The van der Waals surface area contributed by atoms with E-state index in [1.165, 1.54) is 16.5 Å². The smallest absolute Gasteiger partial charge is 0.151 e. The van der Waals surface area contributed by atoms with E-state index in [1.54, 1.807) is 0 Å². The van der Waals surface area contributed by atoms with Crippen LogP contribution in [0.2, 0.25) is 0 Å². The van der Waals surface area contributed by atoms with Crippen LogP contribution in [0.5, 0.6) is 5.75 Å². The summed E-state index contributed by atoms with van der Waals surface area (Å²) in [6.07, 6.45) is -0.128. The van der Waals surface area contributed by atoms with E-state index in [2.05, 4.69) is 53.8 Å². The fourth-order valence-corrected chi connectivity index (χ4v) is 3.37. The predicted molar refractivity (Wildman–Crippen MR) is 96.3 cm³/mol. The Balaban J connectivity index is 1.75. The number of benzene rings is 3. The lowest BCUT2D eigenvalue weighted by atomic mass is 9.95. The fourth-order valence-electron chi connectivity index (χ4n) is 3.37. The summed E-state index contributed by atoms with van der Waals surface area (Å²) in [5.41, 5.74) is 2.42. The second-order valence-electron chi connectivity index (χ2n) is 6.12. The molecule has 0 unspecified atom stereocenters. The van der Waals surface area contributed by atoms with Crippen molar-refractivity contribution in [3.8, 4) is 5.75 Å². The van der Waals surface area contributed by atoms with Crippen LogP contribution in [-0.4, -0.2) is 19.7 Å². The molecule has 0 radical (unpaired) electrons. The first-order valence-electron chi connectivity index (χ1n) is 8.35. The van der Waals surface area contributed by atoms with Gasteiger partial charge < -0.3 is 14.8 Å². The monoisotopic (exact) mass is 319 g/mol. The van der Waals surface area contributed by atoms with Gasteiger partial charge in [0.2, 0.25) is 0 Å². The van der Waals surface area contributed by atoms with Crippen molar-refractivity contribution >= 4 is 10.8 Å². The van der Waals surface area contributed by atoms with Gasteiger partial charge in [0.15, 0.2) is 6.10 Å². The average molecular weight is 319 g/mol. The highest BCUT2D eigenvalue weighted by Crippen LogP contribution is 2.36. The van der Waals surface area contributed by atoms with Gasteiger partial charge in [-0.1, -0.05) is 60.7 Å². The molecular formula is C21H21NO2. The van der Waals surface area contributed by atoms with Crippen molar-refractivity contribution in [1.29, 1.82) is 0 Å². The maximum absolute atomic E-state index is 6.50. The van der Waals surface area contributed by atoms with Crippen LogP contribution in [0, 0.1) is 0 Å². The summed E-state index contributed by atoms with van der Waals surface area (Å²) in [7, 11) is 1.94. The molecule has 0 bridgehead atoms. The molecule has 3 aromatic carbocycles. The van der Waals surface area contributed by atoms with Crippen LogP contribution in [0.4, 0.5) is 0 Å². The van der Waals surface area contributed by atoms with Crippen molar-refractivity contribution in [3.63, 3.8) is 0 Å². The average Bonchev–Trinajstić information content (AvgIpc) is 2.64. The van der Waals surface area contributed by atoms with Gasteiger partial charge in [-0.3, -0.25) is 0 Å². The normalized spacial score (nSPS) is 19.9. The molecule has 1 aliphatic heterocycles. The highest BCUT2D eigenvalue weighted by atomic mass is 16.5. The third-order valence-corrected chi connectivity index (χ3v) is 4.56. The molecule has 1 N–H and O–H groups in total. The van der Waals surface area contributed by atoms with Crippen molar-refractivity contribution < 1.29 is 9.47 Å². The van der Waals surface area contributed by atoms with Gasteiger partial charge in [-0.15, -0.1) is 0 Å². The Kier molecular flexibility index (Phi) is 4.20. The van der Waals surface area contributed by atoms with E-state index in [0.717, 1.165) is 17.7 Å². The Morgan fingerprint density at radius 2 is 1.79 bits per heavy atom. The molecule has 0 amide bonds. The van der Waals surface area contributed by atoms with Gasteiger partial charge in [-0.25, -0.2) is 0 Å². The Labute approximate surface area is 142 Å². The maximum atomic E-state index is 6.50. The van der Waals surface area contributed by atoms with Crippen LogP contribution in [0.3, 0.4) is 0 Å². The van der Waals surface area contributed by atoms with Crippen LogP contribution >= 0.6 is 0 Å². The molecule has 4 rings (SSSR count). The van der Waals surface area contributed by atoms with Crippen LogP contribution < -0.4 is 10.1 Å². The van der Waals surface area contributed by atoms with Crippen molar-refractivity contribution in [3.05, 3.63) is 77.9 Å². The lowest BCUT2D eigenvalue weighted by Gasteiger charge is -2.34. The summed E-state index contributed by atoms with van der Waals surface area (Å²) in [5.74, 6) is 0.902. The standard InChI is InChI=1S/C21H21NO2/c1-22-13-20-21(18-11-5-3-8-16(18)14-23-20)24-19-12-6-9-15-7-2-4-10-17(15)19/h2-12,20-22H,13-14H2,1H3/t20-,21+/m1/s1. The van der Waals surface area contributed by atoms with Crippen LogP contribution in [-0.2, 0) is 11.3 Å². The zero-order valence-corrected chi connectivity index (χ0v) is 13.7. The summed E-state index contributed by atoms with van der Waals surface area (Å²) in [6.45, 7) is 1.39. The van der Waals surface area contributed by atoms with Gasteiger partial charge in [-0.2, -0.15) is 0 Å². The van der Waals surface area contributed by atoms with Crippen molar-refractivity contribution in [2.24, 2.45) is 0 Å². The van der Waals surface area contributed by atoms with E-state index < -0.39 is 0 Å². The first kappa shape index (κ1) is 15.2. The predicted octanol–water partition coefficient (Wildman–Crippen LogP) is 4.08. The number of ether oxygens (including phenoxy) is 2. The molecule has 3 heteroatoms. The lowest BCUT2D eigenvalue weighted by Crippen LogP contribution is -2.38. The second-order valence-corrected chi connectivity index (χ2v) is 6.12. The first-order chi connectivity index (χ1) is 11.9. The first-order valence-corrected chi connectivity index (χ1v) is 8.35. The minimum absolute atomic E-state index is 0.0103. The zero-order valence-electron chi connectivity index (χ0n) is 13.7. The third kappa shape index (κ3) is 2.77. The van der Waals surface area contributed by atoms with Gasteiger partial charge in [0.05, 0.1) is 6.61 Å². The van der Waals surface area contributed by atoms with E-state index in [9.17, 15) is 0 Å². The molecule has 0 aromatic heterocycles. The van der Waals surface area contributed by atoms with E-state index in [0.29, 0.717) is 6.61 Å². The van der Waals surface area contributed by atoms with E-state index in [4.69, 9.17) is 9.47 Å². The van der Waals surface area contributed by atoms with Gasteiger partial charge in [0.1, 0.15) is 11.9 Å². The Hall–Kier alpha value is -2.36. The van der Waals surface area contributed by atoms with Gasteiger partial charge in [-0.05, 0) is 24.1 Å². The molecular weight excluding hydrogens is 298 g/mol. The van der Waals surface area contributed by atoms with Gasteiger partial charge >= 0.3 is 0 Å². The minimum atomic E-state index is -0.117. The number of likely N-dealkylation sites (N-methyl/N-ethyl adjacent to an activating group) is 1. The SMILES string of the molecule is CNC[C@H]1OCc2ccccc2[C@@H]1Oc1cccc2ccccc12. The number of hydrogen-bond acceptors (Lipinski definition) is 3. The molecule has 0 spiro atoms. The molecule has 3 nitrogen and oxygen atoms in total. The summed E-state index contributed by atoms with van der Waals surface area (Å²) in [6, 6.07) is 22.9. The third-order valence-electron chi connectivity index (χ3n) is 4.56. The fraction of sp³-hybridized carbons (Fsp3) is 0.238. The summed E-state index contributed by atoms with van der Waals surface area (Å²) in [5, 5.41) is 5.53. The van der Waals surface area contributed by atoms with Crippen LogP contribution in [0.25, 0.3) is 10.8 Å². The number of rotatable bonds is 4. The van der Waals surface area contributed by atoms with Gasteiger partial charge in [0.25, 0.3) is 0 Å². The Morgan fingerprint density at radius 1 is 1.00 bits per heavy atom. The van der Waals surface area contributed by atoms with E-state index in [1.807, 2.05) is 25.2 Å². The molecule has 2 atom stereocenters. The van der Waals surface area contributed by atoms with Crippen LogP contribution in [0.1, 0.15) is 17.2 Å². The highest BCUT2D eigenvalue weighted by Gasteiger charge is 2.32. The van der Waals surface area contributed by atoms with Crippen molar-refractivity contribution in [2.45, 2.75) is 18.8 Å². The summed E-state index contributed by atoms with van der Waals surface area (Å²) in [4.78, 5) is 0. The number of nitrogens with one attached hydrogen (secondary N) is 1. The molecule has 0 saturated carbocycles. The topological polar surface area (TPSA) is 30.5 Å². The zero-order chi connectivity index (χ0) is 16.4. The molecule has 0 fully saturated rings. The molecule has 0 aliphatic carbocycles. The summed E-state index contributed by atoms with van der Waals surface area (Å²) < 4.78 is 12.5. The van der Waals surface area contributed by atoms with Gasteiger partial charge in [0, 0.05) is 17.5 Å². The Morgan fingerprint density at radius 3 is 2.71 bits per heavy atom. The van der Waals surface area contributed by atoms with Crippen LogP contribution in [0.15, 0.2) is 66.7 Å². The molecule has 24 heavy (non-hydrogen) atoms. The minimum Gasteiger partial charge on any atom is -0.482 e. The highest BCUT2D eigenvalue weighted by molar-refractivity contribution is 5.88. The van der Waals surface area contributed by atoms with Crippen molar-refractivity contribution in [2.75, 3.05) is 13.6 Å². The molecule has 3 aromatic rings. The second kappa shape index (κ2) is 6.63. The molecule has 1 heterocycles. The molecule has 1 aliphatic rings. The van der Waals surface area contributed by atoms with E-state index in [-0.39, 0.29) is 12.2 Å². The quantitative estimate of drug-likeness (QED) is 0.786. The number of hydrogen-bond donors (Lipinski definition) is 1.